The SMILES string of the molecule is [2H]c1ccc2oc3cccc(B(O)O)c3c2c1. The van der Waals surface area contributed by atoms with Crippen LogP contribution in [0, 0.1) is 0 Å². The van der Waals surface area contributed by atoms with Crippen LogP contribution in [0.5, 0.6) is 0 Å². The van der Waals surface area contributed by atoms with Crippen molar-refractivity contribution < 1.29 is 15.8 Å². The molecule has 1 aromatic heterocycles. The molecule has 0 radical (unpaired) electrons. The lowest BCUT2D eigenvalue weighted by molar-refractivity contribution is 0.426. The van der Waals surface area contributed by atoms with Gasteiger partial charge in [-0.1, -0.05) is 30.3 Å². The van der Waals surface area contributed by atoms with Gasteiger partial charge in [0.05, 0.1) is 1.37 Å². The summed E-state index contributed by atoms with van der Waals surface area (Å²) in [5, 5.41) is 20.1. The molecule has 3 aromatic rings. The quantitative estimate of drug-likeness (QED) is 0.598. The summed E-state index contributed by atoms with van der Waals surface area (Å²) in [7, 11) is -1.55. The van der Waals surface area contributed by atoms with Crippen molar-refractivity contribution >= 4 is 34.5 Å². The van der Waals surface area contributed by atoms with E-state index in [-0.39, 0.29) is 0 Å². The van der Waals surface area contributed by atoms with Gasteiger partial charge in [0.1, 0.15) is 11.2 Å². The van der Waals surface area contributed by atoms with Crippen molar-refractivity contribution in [1.29, 1.82) is 0 Å². The Morgan fingerprint density at radius 3 is 2.69 bits per heavy atom. The summed E-state index contributed by atoms with van der Waals surface area (Å²) in [4.78, 5) is 0. The third-order valence-corrected chi connectivity index (χ3v) is 2.65. The van der Waals surface area contributed by atoms with E-state index in [0.717, 1.165) is 5.39 Å². The number of benzene rings is 2. The van der Waals surface area contributed by atoms with Crippen LogP contribution >= 0.6 is 0 Å². The predicted molar refractivity (Wildman–Crippen MR) is 63.5 cm³/mol. The molecule has 3 nitrogen and oxygen atoms in total. The van der Waals surface area contributed by atoms with Gasteiger partial charge in [0.2, 0.25) is 0 Å². The lowest BCUT2D eigenvalue weighted by atomic mass is 9.77. The van der Waals surface area contributed by atoms with Gasteiger partial charge in [-0.15, -0.1) is 0 Å². The van der Waals surface area contributed by atoms with Crippen LogP contribution in [-0.4, -0.2) is 17.2 Å². The minimum absolute atomic E-state index is 0.363. The summed E-state index contributed by atoms with van der Waals surface area (Å²) in [6, 6.07) is 10.5. The standard InChI is InChI=1S/C12H9BO3/c14-13(15)9-5-3-7-11-12(9)8-4-1-2-6-10(8)16-11/h1-7,14-15H/i1D. The second-order valence-electron chi connectivity index (χ2n) is 3.62. The highest BCUT2D eigenvalue weighted by Gasteiger charge is 2.18. The minimum Gasteiger partial charge on any atom is -0.456 e. The van der Waals surface area contributed by atoms with Crippen LogP contribution in [0.2, 0.25) is 0 Å². The molecule has 2 aromatic carbocycles. The molecule has 0 saturated heterocycles. The summed E-state index contributed by atoms with van der Waals surface area (Å²) < 4.78 is 13.2. The summed E-state index contributed by atoms with van der Waals surface area (Å²) in [5.74, 6) is 0. The molecule has 0 amide bonds. The van der Waals surface area contributed by atoms with Gasteiger partial charge < -0.3 is 14.5 Å². The van der Waals surface area contributed by atoms with Crippen molar-refractivity contribution in [2.45, 2.75) is 0 Å². The fraction of sp³-hybridized carbons (Fsp3) is 0. The van der Waals surface area contributed by atoms with Crippen molar-refractivity contribution in [3.8, 4) is 0 Å². The number of fused-ring (bicyclic) bond motifs is 3. The predicted octanol–water partition coefficient (Wildman–Crippen LogP) is 1.27. The van der Waals surface area contributed by atoms with Gasteiger partial charge in [0, 0.05) is 10.8 Å². The average molecular weight is 213 g/mol. The van der Waals surface area contributed by atoms with E-state index in [4.69, 9.17) is 5.79 Å². The maximum atomic E-state index is 9.34. The number of hydrogen-bond donors (Lipinski definition) is 2. The van der Waals surface area contributed by atoms with E-state index >= 15 is 0 Å². The number of para-hydroxylation sites is 1. The molecule has 0 spiro atoms. The van der Waals surface area contributed by atoms with Crippen molar-refractivity contribution in [2.24, 2.45) is 0 Å². The number of hydrogen-bond acceptors (Lipinski definition) is 3. The average Bonchev–Trinajstić information content (AvgIpc) is 2.66. The molecule has 0 aliphatic carbocycles. The molecule has 0 saturated carbocycles. The van der Waals surface area contributed by atoms with Crippen molar-refractivity contribution in [3.63, 3.8) is 0 Å². The first-order valence-electron chi connectivity index (χ1n) is 5.45. The smallest absolute Gasteiger partial charge is 0.456 e. The Morgan fingerprint density at radius 1 is 1.06 bits per heavy atom. The third-order valence-electron chi connectivity index (χ3n) is 2.65. The molecular formula is C12H9BO3. The molecular weight excluding hydrogens is 203 g/mol. The van der Waals surface area contributed by atoms with Crippen LogP contribution in [0.15, 0.2) is 46.9 Å². The number of rotatable bonds is 1. The maximum Gasteiger partial charge on any atom is 0.489 e. The van der Waals surface area contributed by atoms with Crippen LogP contribution in [0.4, 0.5) is 0 Å². The van der Waals surface area contributed by atoms with Crippen LogP contribution in [-0.2, 0) is 0 Å². The molecule has 2 N–H and O–H groups in total. The summed E-state index contributed by atoms with van der Waals surface area (Å²) in [6.45, 7) is 0. The van der Waals surface area contributed by atoms with E-state index in [9.17, 15) is 10.0 Å². The first-order chi connectivity index (χ1) is 8.16. The van der Waals surface area contributed by atoms with E-state index in [1.54, 1.807) is 36.4 Å². The van der Waals surface area contributed by atoms with E-state index in [1.165, 1.54) is 0 Å². The van der Waals surface area contributed by atoms with E-state index in [0.29, 0.717) is 28.1 Å². The molecule has 16 heavy (non-hydrogen) atoms. The van der Waals surface area contributed by atoms with Gasteiger partial charge >= 0.3 is 7.12 Å². The summed E-state index contributed by atoms with van der Waals surface area (Å²) in [5.41, 5.74) is 1.63. The Hall–Kier alpha value is -1.78. The lowest BCUT2D eigenvalue weighted by Gasteiger charge is -2.00. The Bertz CT molecular complexity index is 705. The van der Waals surface area contributed by atoms with E-state index in [2.05, 4.69) is 0 Å². The van der Waals surface area contributed by atoms with Gasteiger partial charge in [-0.2, -0.15) is 0 Å². The molecule has 0 atom stereocenters. The van der Waals surface area contributed by atoms with Crippen LogP contribution < -0.4 is 5.46 Å². The minimum atomic E-state index is -1.55. The first-order valence-corrected chi connectivity index (χ1v) is 4.95. The zero-order valence-corrected chi connectivity index (χ0v) is 8.34. The normalized spacial score (nSPS) is 12.0. The Balaban J connectivity index is 2.51. The largest absolute Gasteiger partial charge is 0.489 e. The fourth-order valence-corrected chi connectivity index (χ4v) is 1.96. The highest BCUT2D eigenvalue weighted by atomic mass is 16.4. The fourth-order valence-electron chi connectivity index (χ4n) is 1.96. The molecule has 0 fully saturated rings. The highest BCUT2D eigenvalue weighted by molar-refractivity contribution is 6.62. The third kappa shape index (κ3) is 1.24. The monoisotopic (exact) mass is 213 g/mol. The van der Waals surface area contributed by atoms with Gasteiger partial charge in [-0.3, -0.25) is 0 Å². The van der Waals surface area contributed by atoms with Gasteiger partial charge in [-0.05, 0) is 17.6 Å². The van der Waals surface area contributed by atoms with Crippen LogP contribution in [0.25, 0.3) is 21.9 Å². The molecule has 78 valence electrons. The zero-order valence-electron chi connectivity index (χ0n) is 9.34. The second-order valence-corrected chi connectivity index (χ2v) is 3.62. The van der Waals surface area contributed by atoms with E-state index in [1.807, 2.05) is 0 Å². The van der Waals surface area contributed by atoms with Gasteiger partial charge in [0.25, 0.3) is 0 Å². The highest BCUT2D eigenvalue weighted by Crippen LogP contribution is 2.26. The van der Waals surface area contributed by atoms with Crippen molar-refractivity contribution in [1.82, 2.24) is 0 Å². The molecule has 4 heteroatoms. The maximum absolute atomic E-state index is 9.34. The molecule has 0 unspecified atom stereocenters. The van der Waals surface area contributed by atoms with Crippen LogP contribution in [0.1, 0.15) is 1.37 Å². The second kappa shape index (κ2) is 3.37. The Kier molecular flexibility index (Phi) is 1.77. The molecule has 0 aliphatic rings. The van der Waals surface area contributed by atoms with Gasteiger partial charge in [-0.25, -0.2) is 0 Å². The number of furan rings is 1. The summed E-state index contributed by atoms with van der Waals surface area (Å²) >= 11 is 0. The molecule has 0 bridgehead atoms. The van der Waals surface area contributed by atoms with Gasteiger partial charge in [0.15, 0.2) is 0 Å². The van der Waals surface area contributed by atoms with Crippen molar-refractivity contribution in [3.05, 3.63) is 42.4 Å². The molecule has 3 rings (SSSR count). The first kappa shape index (κ1) is 8.39. The molecule has 0 aliphatic heterocycles. The zero-order chi connectivity index (χ0) is 12.0. The van der Waals surface area contributed by atoms with Crippen LogP contribution in [0.3, 0.4) is 0 Å². The Morgan fingerprint density at radius 2 is 1.88 bits per heavy atom. The molecule has 1 heterocycles. The van der Waals surface area contributed by atoms with E-state index < -0.39 is 7.12 Å². The lowest BCUT2D eigenvalue weighted by Crippen LogP contribution is -2.30. The van der Waals surface area contributed by atoms with Crippen molar-refractivity contribution in [2.75, 3.05) is 0 Å². The Labute approximate surface area is 93.5 Å². The summed E-state index contributed by atoms with van der Waals surface area (Å²) in [6.07, 6.45) is 0. The topological polar surface area (TPSA) is 53.6 Å².